The SMILES string of the molecule is C#CCOc1ccc(S(C)(=O)=O)cc1NC(C)=O. The van der Waals surface area contributed by atoms with E-state index in [1.54, 1.807) is 0 Å². The molecule has 1 amide bonds. The van der Waals surface area contributed by atoms with Gasteiger partial charge in [0, 0.05) is 13.2 Å². The fourth-order valence-electron chi connectivity index (χ4n) is 1.27. The zero-order valence-electron chi connectivity index (χ0n) is 10.1. The lowest BCUT2D eigenvalue weighted by molar-refractivity contribution is -0.114. The van der Waals surface area contributed by atoms with Crippen molar-refractivity contribution in [2.75, 3.05) is 18.2 Å². The Morgan fingerprint density at radius 1 is 1.50 bits per heavy atom. The van der Waals surface area contributed by atoms with Crippen LogP contribution in [0.4, 0.5) is 5.69 Å². The third kappa shape index (κ3) is 3.79. The van der Waals surface area contributed by atoms with Gasteiger partial charge in [-0.3, -0.25) is 4.79 Å². The van der Waals surface area contributed by atoms with Crippen LogP contribution in [0.2, 0.25) is 0 Å². The number of rotatable bonds is 4. The highest BCUT2D eigenvalue weighted by Gasteiger charge is 2.12. The molecule has 1 aromatic rings. The molecule has 0 unspecified atom stereocenters. The third-order valence-corrected chi connectivity index (χ3v) is 3.11. The Morgan fingerprint density at radius 3 is 2.67 bits per heavy atom. The number of benzene rings is 1. The van der Waals surface area contributed by atoms with E-state index in [1.165, 1.54) is 25.1 Å². The molecule has 0 saturated carbocycles. The van der Waals surface area contributed by atoms with Crippen LogP contribution in [0, 0.1) is 12.3 Å². The second-order valence-electron chi connectivity index (χ2n) is 3.60. The topological polar surface area (TPSA) is 72.5 Å². The summed E-state index contributed by atoms with van der Waals surface area (Å²) in [5.41, 5.74) is 0.278. The van der Waals surface area contributed by atoms with Crippen LogP contribution in [0.1, 0.15) is 6.92 Å². The summed E-state index contributed by atoms with van der Waals surface area (Å²) in [5.74, 6) is 2.29. The van der Waals surface area contributed by atoms with Crippen molar-refractivity contribution in [3.8, 4) is 18.1 Å². The monoisotopic (exact) mass is 267 g/mol. The fraction of sp³-hybridized carbons (Fsp3) is 0.250. The molecule has 0 saturated heterocycles. The molecule has 1 rings (SSSR count). The lowest BCUT2D eigenvalue weighted by atomic mass is 10.3. The van der Waals surface area contributed by atoms with Gasteiger partial charge in [-0.1, -0.05) is 5.92 Å². The Bertz CT molecular complexity index is 599. The molecule has 0 aliphatic rings. The van der Waals surface area contributed by atoms with Crippen molar-refractivity contribution >= 4 is 21.4 Å². The second kappa shape index (κ2) is 5.56. The maximum absolute atomic E-state index is 11.4. The van der Waals surface area contributed by atoms with Crippen molar-refractivity contribution in [1.29, 1.82) is 0 Å². The van der Waals surface area contributed by atoms with E-state index in [-0.39, 0.29) is 23.1 Å². The Balaban J connectivity index is 3.20. The number of carbonyl (C=O) groups excluding carboxylic acids is 1. The molecule has 0 aliphatic heterocycles. The van der Waals surface area contributed by atoms with E-state index in [0.717, 1.165) is 6.26 Å². The molecule has 0 spiro atoms. The number of hydrogen-bond acceptors (Lipinski definition) is 4. The van der Waals surface area contributed by atoms with Crippen LogP contribution in [-0.2, 0) is 14.6 Å². The second-order valence-corrected chi connectivity index (χ2v) is 5.62. The first-order valence-corrected chi connectivity index (χ1v) is 6.91. The van der Waals surface area contributed by atoms with Gasteiger partial charge >= 0.3 is 0 Å². The minimum Gasteiger partial charge on any atom is -0.479 e. The summed E-state index contributed by atoms with van der Waals surface area (Å²) < 4.78 is 28.0. The number of terminal acetylenes is 1. The molecule has 18 heavy (non-hydrogen) atoms. The summed E-state index contributed by atoms with van der Waals surface area (Å²) in [6.45, 7) is 1.35. The van der Waals surface area contributed by atoms with E-state index in [2.05, 4.69) is 11.2 Å². The Labute approximate surface area is 106 Å². The van der Waals surface area contributed by atoms with Crippen molar-refractivity contribution in [3.05, 3.63) is 18.2 Å². The van der Waals surface area contributed by atoms with E-state index in [4.69, 9.17) is 11.2 Å². The predicted molar refractivity (Wildman–Crippen MR) is 68.2 cm³/mol. The van der Waals surface area contributed by atoms with Crippen LogP contribution in [0.5, 0.6) is 5.75 Å². The van der Waals surface area contributed by atoms with Gasteiger partial charge < -0.3 is 10.1 Å². The molecule has 96 valence electrons. The molecule has 1 aromatic carbocycles. The minimum atomic E-state index is -3.35. The Kier molecular flexibility index (Phi) is 4.34. The highest BCUT2D eigenvalue weighted by Crippen LogP contribution is 2.27. The largest absolute Gasteiger partial charge is 0.479 e. The van der Waals surface area contributed by atoms with E-state index in [9.17, 15) is 13.2 Å². The minimum absolute atomic E-state index is 0.0325. The van der Waals surface area contributed by atoms with Crippen LogP contribution in [0.15, 0.2) is 23.1 Å². The first kappa shape index (κ1) is 14.1. The molecule has 6 heteroatoms. The molecule has 0 fully saturated rings. The van der Waals surface area contributed by atoms with Crippen molar-refractivity contribution in [3.63, 3.8) is 0 Å². The van der Waals surface area contributed by atoms with E-state index >= 15 is 0 Å². The van der Waals surface area contributed by atoms with Crippen molar-refractivity contribution in [2.45, 2.75) is 11.8 Å². The summed E-state index contributed by atoms with van der Waals surface area (Å²) >= 11 is 0. The maximum atomic E-state index is 11.4. The number of nitrogens with one attached hydrogen (secondary N) is 1. The molecule has 0 aliphatic carbocycles. The molecule has 5 nitrogen and oxygen atoms in total. The van der Waals surface area contributed by atoms with Gasteiger partial charge in [-0.05, 0) is 18.2 Å². The van der Waals surface area contributed by atoms with Crippen LogP contribution < -0.4 is 10.1 Å². The normalized spacial score (nSPS) is 10.5. The van der Waals surface area contributed by atoms with Crippen molar-refractivity contribution in [2.24, 2.45) is 0 Å². The van der Waals surface area contributed by atoms with Gasteiger partial charge in [0.2, 0.25) is 5.91 Å². The summed E-state index contributed by atoms with van der Waals surface area (Å²) in [7, 11) is -3.35. The van der Waals surface area contributed by atoms with Gasteiger partial charge in [0.05, 0.1) is 10.6 Å². The van der Waals surface area contributed by atoms with Gasteiger partial charge in [0.1, 0.15) is 12.4 Å². The van der Waals surface area contributed by atoms with Crippen LogP contribution in [0.3, 0.4) is 0 Å². The number of sulfone groups is 1. The highest BCUT2D eigenvalue weighted by molar-refractivity contribution is 7.90. The van der Waals surface area contributed by atoms with Gasteiger partial charge in [-0.2, -0.15) is 0 Å². The molecule has 0 aromatic heterocycles. The first-order valence-electron chi connectivity index (χ1n) is 5.02. The lowest BCUT2D eigenvalue weighted by Crippen LogP contribution is -2.09. The van der Waals surface area contributed by atoms with E-state index < -0.39 is 9.84 Å². The average molecular weight is 267 g/mol. The zero-order chi connectivity index (χ0) is 13.8. The number of anilines is 1. The number of ether oxygens (including phenoxy) is 1. The van der Waals surface area contributed by atoms with E-state index in [0.29, 0.717) is 5.75 Å². The fourth-order valence-corrected chi connectivity index (χ4v) is 1.92. The molecular weight excluding hydrogens is 254 g/mol. The van der Waals surface area contributed by atoms with Gasteiger partial charge in [0.15, 0.2) is 9.84 Å². The molecule has 0 bridgehead atoms. The molecule has 1 N–H and O–H groups in total. The van der Waals surface area contributed by atoms with Gasteiger partial charge in [0.25, 0.3) is 0 Å². The van der Waals surface area contributed by atoms with Gasteiger partial charge in [-0.25, -0.2) is 8.42 Å². The molecular formula is C12H13NO4S. The molecule has 0 atom stereocenters. The number of carbonyl (C=O) groups is 1. The summed E-state index contributed by atoms with van der Waals surface area (Å²) in [4.78, 5) is 11.1. The quantitative estimate of drug-likeness (QED) is 0.828. The maximum Gasteiger partial charge on any atom is 0.221 e. The van der Waals surface area contributed by atoms with Crippen molar-refractivity contribution in [1.82, 2.24) is 0 Å². The van der Waals surface area contributed by atoms with E-state index in [1.807, 2.05) is 0 Å². The highest BCUT2D eigenvalue weighted by atomic mass is 32.2. The van der Waals surface area contributed by atoms with Crippen molar-refractivity contribution < 1.29 is 17.9 Å². The average Bonchev–Trinajstić information content (AvgIpc) is 2.25. The smallest absolute Gasteiger partial charge is 0.221 e. The van der Waals surface area contributed by atoms with Crippen LogP contribution in [-0.4, -0.2) is 27.2 Å². The molecule has 0 radical (unpaired) electrons. The third-order valence-electron chi connectivity index (χ3n) is 2.00. The Hall–Kier alpha value is -2.00. The number of hydrogen-bond donors (Lipinski definition) is 1. The first-order chi connectivity index (χ1) is 8.34. The van der Waals surface area contributed by atoms with Crippen LogP contribution in [0.25, 0.3) is 0 Å². The standard InChI is InChI=1S/C12H13NO4S/c1-4-7-17-12-6-5-10(18(3,15)16)8-11(12)13-9(2)14/h1,5-6,8H,7H2,2-3H3,(H,13,14). The summed E-state index contributed by atoms with van der Waals surface area (Å²) in [5, 5.41) is 2.50. The summed E-state index contributed by atoms with van der Waals surface area (Å²) in [6, 6.07) is 4.19. The predicted octanol–water partition coefficient (Wildman–Crippen LogP) is 1.06. The summed E-state index contributed by atoms with van der Waals surface area (Å²) in [6.07, 6.45) is 6.15. The Morgan fingerprint density at radius 2 is 2.17 bits per heavy atom. The number of amides is 1. The van der Waals surface area contributed by atoms with Crippen LogP contribution >= 0.6 is 0 Å². The zero-order valence-corrected chi connectivity index (χ0v) is 10.9. The van der Waals surface area contributed by atoms with Gasteiger partial charge in [-0.15, -0.1) is 6.42 Å². The lowest BCUT2D eigenvalue weighted by Gasteiger charge is -2.11. The molecule has 0 heterocycles.